The zero-order valence-corrected chi connectivity index (χ0v) is 22.1. The van der Waals surface area contributed by atoms with Crippen LogP contribution < -0.4 is 9.64 Å². The number of carbonyl (C=O) groups excluding carboxylic acids is 2. The van der Waals surface area contributed by atoms with E-state index in [0.29, 0.717) is 39.0 Å². The van der Waals surface area contributed by atoms with Gasteiger partial charge in [-0.1, -0.05) is 45.5 Å². The van der Waals surface area contributed by atoms with Crippen LogP contribution in [0.1, 0.15) is 23.0 Å². The van der Waals surface area contributed by atoms with Gasteiger partial charge in [0.15, 0.2) is 10.9 Å². The third-order valence-electron chi connectivity index (χ3n) is 6.33. The van der Waals surface area contributed by atoms with Gasteiger partial charge < -0.3 is 9.84 Å². The number of aliphatic hydroxyl groups is 1. The van der Waals surface area contributed by atoms with Gasteiger partial charge in [-0.3, -0.25) is 18.9 Å². The summed E-state index contributed by atoms with van der Waals surface area (Å²) >= 11 is 4.77. The third kappa shape index (κ3) is 3.71. The zero-order chi connectivity index (χ0) is 25.8. The standard InChI is InChI=1S/C27H19BrN4O4S/c1-14-22(31-11-4-3-8-20(31)29-14)24(33)21-23(15-6-5-7-16(28)12-15)32(26(35)25(21)34)27-30-18-10-9-17(36-2)13-19(18)37-27/h3-13,23,33H,1-2H3. The quantitative estimate of drug-likeness (QED) is 0.169. The molecule has 184 valence electrons. The number of aliphatic hydroxyl groups excluding tert-OH is 1. The summed E-state index contributed by atoms with van der Waals surface area (Å²) in [4.78, 5) is 37.6. The van der Waals surface area contributed by atoms with Crippen LogP contribution in [0.2, 0.25) is 0 Å². The summed E-state index contributed by atoms with van der Waals surface area (Å²) in [5, 5.41) is 12.0. The van der Waals surface area contributed by atoms with Crippen molar-refractivity contribution in [2.24, 2.45) is 0 Å². The first-order valence-electron chi connectivity index (χ1n) is 11.3. The Hall–Kier alpha value is -4.02. The molecule has 6 rings (SSSR count). The molecule has 1 fully saturated rings. The summed E-state index contributed by atoms with van der Waals surface area (Å²) in [6, 6.07) is 17.3. The fourth-order valence-electron chi connectivity index (χ4n) is 4.67. The lowest BCUT2D eigenvalue weighted by atomic mass is 9.96. The Morgan fingerprint density at radius 1 is 1.08 bits per heavy atom. The highest BCUT2D eigenvalue weighted by atomic mass is 79.9. The van der Waals surface area contributed by atoms with Gasteiger partial charge in [0.05, 0.1) is 34.6 Å². The van der Waals surface area contributed by atoms with Crippen LogP contribution in [-0.2, 0) is 9.59 Å². The Bertz CT molecular complexity index is 1770. The molecule has 3 aromatic heterocycles. The Morgan fingerprint density at radius 2 is 1.92 bits per heavy atom. The summed E-state index contributed by atoms with van der Waals surface area (Å²) in [7, 11) is 1.58. The van der Waals surface area contributed by atoms with Gasteiger partial charge in [-0.2, -0.15) is 0 Å². The largest absolute Gasteiger partial charge is 0.505 e. The maximum atomic E-state index is 13.6. The fraction of sp³-hybridized carbons (Fsp3) is 0.111. The average Bonchev–Trinajstić information content (AvgIpc) is 3.54. The van der Waals surface area contributed by atoms with Gasteiger partial charge >= 0.3 is 5.91 Å². The first-order valence-corrected chi connectivity index (χ1v) is 12.9. The number of amides is 1. The number of Topliss-reactive ketones (excluding diaryl/α,β-unsaturated/α-hetero) is 1. The number of aromatic nitrogens is 3. The minimum atomic E-state index is -0.895. The predicted molar refractivity (Wildman–Crippen MR) is 145 cm³/mol. The summed E-state index contributed by atoms with van der Waals surface area (Å²) in [6.45, 7) is 1.76. The van der Waals surface area contributed by atoms with E-state index in [1.807, 2.05) is 48.5 Å². The number of rotatable bonds is 4. The maximum Gasteiger partial charge on any atom is 0.301 e. The number of nitrogens with zero attached hydrogens (tertiary/aromatic N) is 4. The van der Waals surface area contributed by atoms with Gasteiger partial charge in [-0.25, -0.2) is 9.97 Å². The number of carbonyl (C=O) groups is 2. The molecule has 2 aromatic carbocycles. The van der Waals surface area contributed by atoms with Crippen LogP contribution in [0.3, 0.4) is 0 Å². The molecular formula is C27H19BrN4O4S. The number of halogens is 1. The van der Waals surface area contributed by atoms with Crippen molar-refractivity contribution in [1.29, 1.82) is 0 Å². The van der Waals surface area contributed by atoms with Crippen molar-refractivity contribution in [3.05, 3.63) is 93.9 Å². The highest BCUT2D eigenvalue weighted by molar-refractivity contribution is 9.10. The van der Waals surface area contributed by atoms with Gasteiger partial charge in [0.1, 0.15) is 17.1 Å². The van der Waals surface area contributed by atoms with Gasteiger partial charge in [-0.15, -0.1) is 0 Å². The van der Waals surface area contributed by atoms with E-state index in [0.717, 1.165) is 9.17 Å². The van der Waals surface area contributed by atoms with Crippen LogP contribution >= 0.6 is 27.3 Å². The Morgan fingerprint density at radius 3 is 2.70 bits per heavy atom. The number of ketones is 1. The van der Waals surface area contributed by atoms with Crippen molar-refractivity contribution >= 4 is 65.7 Å². The first kappa shape index (κ1) is 23.4. The molecule has 1 saturated heterocycles. The van der Waals surface area contributed by atoms with Crippen LogP contribution in [0.4, 0.5) is 5.13 Å². The smallest absolute Gasteiger partial charge is 0.301 e. The molecule has 1 atom stereocenters. The molecule has 37 heavy (non-hydrogen) atoms. The number of aryl methyl sites for hydroxylation is 1. The number of pyridine rings is 1. The molecule has 1 amide bonds. The molecule has 1 N–H and O–H groups in total. The summed E-state index contributed by atoms with van der Waals surface area (Å²) in [5.74, 6) is -1.17. The SMILES string of the molecule is COc1ccc2nc(N3C(=O)C(=O)C(=C(O)c4c(C)nc5ccccn45)C3c3cccc(Br)c3)sc2c1. The lowest BCUT2D eigenvalue weighted by Gasteiger charge is -2.23. The van der Waals surface area contributed by atoms with E-state index in [4.69, 9.17) is 4.74 Å². The van der Waals surface area contributed by atoms with Crippen molar-refractivity contribution < 1.29 is 19.4 Å². The average molecular weight is 575 g/mol. The number of hydrogen-bond acceptors (Lipinski definition) is 7. The monoisotopic (exact) mass is 574 g/mol. The van der Waals surface area contributed by atoms with Gasteiger partial charge in [-0.05, 0) is 55.0 Å². The van der Waals surface area contributed by atoms with Crippen LogP contribution in [0.5, 0.6) is 5.75 Å². The fourth-order valence-corrected chi connectivity index (χ4v) is 6.11. The maximum absolute atomic E-state index is 13.6. The third-order valence-corrected chi connectivity index (χ3v) is 7.84. The number of methoxy groups -OCH3 is 1. The molecule has 1 aliphatic heterocycles. The first-order chi connectivity index (χ1) is 17.9. The van der Waals surface area contributed by atoms with Gasteiger partial charge in [0.25, 0.3) is 5.78 Å². The van der Waals surface area contributed by atoms with E-state index in [9.17, 15) is 14.7 Å². The van der Waals surface area contributed by atoms with Crippen molar-refractivity contribution in [3.8, 4) is 5.75 Å². The van der Waals surface area contributed by atoms with Crippen LogP contribution in [0, 0.1) is 6.92 Å². The predicted octanol–water partition coefficient (Wildman–Crippen LogP) is 5.65. The summed E-state index contributed by atoms with van der Waals surface area (Å²) in [5.41, 5.74) is 2.83. The lowest BCUT2D eigenvalue weighted by Crippen LogP contribution is -2.29. The summed E-state index contributed by atoms with van der Waals surface area (Å²) < 4.78 is 8.61. The molecule has 0 saturated carbocycles. The van der Waals surface area contributed by atoms with E-state index >= 15 is 0 Å². The van der Waals surface area contributed by atoms with E-state index in [-0.39, 0.29) is 11.3 Å². The number of thiazole rings is 1. The number of imidazole rings is 1. The van der Waals surface area contributed by atoms with Crippen molar-refractivity contribution in [1.82, 2.24) is 14.4 Å². The molecule has 0 bridgehead atoms. The topological polar surface area (TPSA) is 97.0 Å². The molecule has 1 aliphatic rings. The van der Waals surface area contributed by atoms with Crippen LogP contribution in [0.25, 0.3) is 21.6 Å². The molecule has 4 heterocycles. The molecule has 1 unspecified atom stereocenters. The normalized spacial score (nSPS) is 17.3. The van der Waals surface area contributed by atoms with E-state index in [1.54, 1.807) is 36.8 Å². The molecule has 0 spiro atoms. The second kappa shape index (κ2) is 8.82. The number of ether oxygens (including phenoxy) is 1. The number of fused-ring (bicyclic) bond motifs is 2. The second-order valence-corrected chi connectivity index (χ2v) is 10.5. The van der Waals surface area contributed by atoms with E-state index < -0.39 is 17.7 Å². The Kier molecular flexibility index (Phi) is 5.58. The Balaban J connectivity index is 1.60. The minimum absolute atomic E-state index is 0.0197. The zero-order valence-electron chi connectivity index (χ0n) is 19.7. The number of benzene rings is 2. The Labute approximate surface area is 223 Å². The highest BCUT2D eigenvalue weighted by Crippen LogP contribution is 2.45. The second-order valence-electron chi connectivity index (χ2n) is 8.53. The molecule has 0 aliphatic carbocycles. The number of hydrogen-bond donors (Lipinski definition) is 1. The van der Waals surface area contributed by atoms with Crippen LogP contribution in [-0.4, -0.2) is 38.3 Å². The highest BCUT2D eigenvalue weighted by Gasteiger charge is 2.48. The molecule has 0 radical (unpaired) electrons. The lowest BCUT2D eigenvalue weighted by molar-refractivity contribution is -0.132. The van der Waals surface area contributed by atoms with Crippen LogP contribution in [0.15, 0.2) is 76.9 Å². The van der Waals surface area contributed by atoms with Crippen molar-refractivity contribution in [2.45, 2.75) is 13.0 Å². The summed E-state index contributed by atoms with van der Waals surface area (Å²) in [6.07, 6.45) is 1.76. The van der Waals surface area contributed by atoms with E-state index in [2.05, 4.69) is 25.9 Å². The van der Waals surface area contributed by atoms with Gasteiger partial charge in [0, 0.05) is 10.7 Å². The van der Waals surface area contributed by atoms with Crippen molar-refractivity contribution in [2.75, 3.05) is 12.0 Å². The molecular weight excluding hydrogens is 556 g/mol. The molecule has 5 aromatic rings. The minimum Gasteiger partial charge on any atom is -0.505 e. The van der Waals surface area contributed by atoms with Crippen molar-refractivity contribution in [3.63, 3.8) is 0 Å². The molecule has 8 nitrogen and oxygen atoms in total. The van der Waals surface area contributed by atoms with E-state index in [1.165, 1.54) is 16.2 Å². The number of anilines is 1. The molecule has 10 heteroatoms. The van der Waals surface area contributed by atoms with Gasteiger partial charge in [0.2, 0.25) is 0 Å².